The predicted octanol–water partition coefficient (Wildman–Crippen LogP) is 2.57. The molecular formula is C19H21ClN8S2. The Hall–Kier alpha value is -2.14. The van der Waals surface area contributed by atoms with E-state index in [2.05, 4.69) is 25.2 Å². The van der Waals surface area contributed by atoms with E-state index in [9.17, 15) is 0 Å². The van der Waals surface area contributed by atoms with Crippen LogP contribution in [0.2, 0.25) is 5.02 Å². The summed E-state index contributed by atoms with van der Waals surface area (Å²) < 4.78 is 0. The summed E-state index contributed by atoms with van der Waals surface area (Å²) in [7, 11) is 0. The minimum atomic E-state index is 0.0161. The zero-order valence-corrected chi connectivity index (χ0v) is 18.6. The number of hydrogen-bond acceptors (Lipinski definition) is 10. The number of aryl methyl sites for hydroxylation is 1. The molecule has 0 bridgehead atoms. The van der Waals surface area contributed by atoms with Crippen LogP contribution in [0.4, 0.5) is 17.5 Å². The fourth-order valence-corrected chi connectivity index (χ4v) is 6.59. The first-order valence-corrected chi connectivity index (χ1v) is 11.6. The van der Waals surface area contributed by atoms with Gasteiger partial charge in [0.1, 0.15) is 21.7 Å². The summed E-state index contributed by atoms with van der Waals surface area (Å²) in [4.78, 5) is 20.8. The predicted molar refractivity (Wildman–Crippen MR) is 121 cm³/mol. The van der Waals surface area contributed by atoms with Gasteiger partial charge in [0.05, 0.1) is 11.2 Å². The highest BCUT2D eigenvalue weighted by Crippen LogP contribution is 2.63. The molecule has 2 atom stereocenters. The molecule has 1 aliphatic heterocycles. The van der Waals surface area contributed by atoms with Crippen molar-refractivity contribution in [2.75, 3.05) is 36.0 Å². The number of rotatable bonds is 5. The molecule has 2 aliphatic rings. The normalized spacial score (nSPS) is 24.8. The Kier molecular flexibility index (Phi) is 4.77. The Labute approximate surface area is 187 Å². The van der Waals surface area contributed by atoms with Crippen molar-refractivity contribution in [3.05, 3.63) is 39.6 Å². The number of thiazole rings is 1. The van der Waals surface area contributed by atoms with Gasteiger partial charge in [0.25, 0.3) is 0 Å². The Balaban J connectivity index is 1.32. The molecule has 0 spiro atoms. The van der Waals surface area contributed by atoms with Crippen molar-refractivity contribution in [2.24, 2.45) is 17.6 Å². The summed E-state index contributed by atoms with van der Waals surface area (Å²) >= 11 is 9.27. The van der Waals surface area contributed by atoms with Crippen molar-refractivity contribution < 1.29 is 0 Å². The lowest BCUT2D eigenvalue weighted by Gasteiger charge is -2.25. The van der Waals surface area contributed by atoms with E-state index < -0.39 is 0 Å². The average Bonchev–Trinajstić information content (AvgIpc) is 3.07. The van der Waals surface area contributed by atoms with Gasteiger partial charge in [0, 0.05) is 47.2 Å². The van der Waals surface area contributed by atoms with Crippen LogP contribution in [0, 0.1) is 18.8 Å². The lowest BCUT2D eigenvalue weighted by Crippen LogP contribution is -2.35. The van der Waals surface area contributed by atoms with Crippen LogP contribution >= 0.6 is 34.7 Å². The van der Waals surface area contributed by atoms with Crippen LogP contribution in [0.15, 0.2) is 33.8 Å². The number of nitrogen functional groups attached to an aromatic ring is 2. The van der Waals surface area contributed by atoms with Gasteiger partial charge in [-0.15, -0.1) is 11.3 Å². The second kappa shape index (κ2) is 7.23. The number of piperidine rings is 1. The topological polar surface area (TPSA) is 133 Å². The highest BCUT2D eigenvalue weighted by Gasteiger charge is 2.69. The van der Waals surface area contributed by atoms with Gasteiger partial charge < -0.3 is 22.1 Å². The number of halogens is 1. The van der Waals surface area contributed by atoms with Crippen molar-refractivity contribution in [1.82, 2.24) is 19.9 Å². The molecule has 3 aromatic rings. The largest absolute Gasteiger partial charge is 0.382 e. The highest BCUT2D eigenvalue weighted by atomic mass is 35.5. The number of fused-ring (bicyclic) bond motifs is 1. The monoisotopic (exact) mass is 460 g/mol. The van der Waals surface area contributed by atoms with Gasteiger partial charge in [-0.1, -0.05) is 23.4 Å². The third-order valence-corrected chi connectivity index (χ3v) is 8.78. The standard InChI is InChI=1S/C19H21ClN8S2/c1-9-7-29-18(26-9)19(8-21)10-5-28(6-11(10)19)13-4-25-17(16(23)27-13)30-12-2-3-24-15(22)14(12)20/h2-4,7,10-11H,5-6,8,21H2,1H3,(H2,22,24)(H2,23,27). The van der Waals surface area contributed by atoms with E-state index in [0.717, 1.165) is 29.5 Å². The highest BCUT2D eigenvalue weighted by molar-refractivity contribution is 7.99. The van der Waals surface area contributed by atoms with E-state index >= 15 is 0 Å². The minimum Gasteiger partial charge on any atom is -0.382 e. The quantitative estimate of drug-likeness (QED) is 0.525. The summed E-state index contributed by atoms with van der Waals surface area (Å²) in [5.41, 5.74) is 19.3. The molecule has 2 fully saturated rings. The number of nitrogens with zero attached hydrogens (tertiary/aromatic N) is 5. The fraction of sp³-hybridized carbons (Fsp3) is 0.368. The van der Waals surface area contributed by atoms with Crippen molar-refractivity contribution in [3.63, 3.8) is 0 Å². The van der Waals surface area contributed by atoms with Crippen LogP contribution in [0.5, 0.6) is 0 Å². The third-order valence-electron chi connectivity index (χ3n) is 6.05. The molecule has 1 saturated carbocycles. The first-order chi connectivity index (χ1) is 14.4. The molecule has 11 heteroatoms. The van der Waals surface area contributed by atoms with Crippen molar-refractivity contribution in [1.29, 1.82) is 0 Å². The van der Waals surface area contributed by atoms with E-state index in [0.29, 0.717) is 34.2 Å². The molecule has 1 aliphatic carbocycles. The SMILES string of the molecule is Cc1csc(C2(CN)C3CN(c4cnc(Sc5ccnc(N)c5Cl)c(N)n4)CC32)n1. The summed E-state index contributed by atoms with van der Waals surface area (Å²) in [6.45, 7) is 4.42. The van der Waals surface area contributed by atoms with Crippen molar-refractivity contribution in [2.45, 2.75) is 22.3 Å². The van der Waals surface area contributed by atoms with E-state index in [4.69, 9.17) is 33.8 Å². The van der Waals surface area contributed by atoms with Crippen LogP contribution in [0.25, 0.3) is 0 Å². The van der Waals surface area contributed by atoms with Crippen LogP contribution in [0.3, 0.4) is 0 Å². The fourth-order valence-electron chi connectivity index (χ4n) is 4.43. The average molecular weight is 461 g/mol. The molecule has 1 saturated heterocycles. The summed E-state index contributed by atoms with van der Waals surface area (Å²) in [5, 5.41) is 4.25. The summed E-state index contributed by atoms with van der Waals surface area (Å²) in [6, 6.07) is 1.78. The molecule has 6 N–H and O–H groups in total. The summed E-state index contributed by atoms with van der Waals surface area (Å²) in [6.07, 6.45) is 3.37. The minimum absolute atomic E-state index is 0.0161. The maximum Gasteiger partial charge on any atom is 0.158 e. The lowest BCUT2D eigenvalue weighted by molar-refractivity contribution is 0.549. The molecule has 0 aromatic carbocycles. The molecule has 156 valence electrons. The number of anilines is 3. The van der Waals surface area contributed by atoms with E-state index in [-0.39, 0.29) is 11.2 Å². The molecule has 2 unspecified atom stereocenters. The van der Waals surface area contributed by atoms with Gasteiger partial charge in [0.15, 0.2) is 5.82 Å². The molecule has 0 amide bonds. The van der Waals surface area contributed by atoms with Gasteiger partial charge >= 0.3 is 0 Å². The Morgan fingerprint density at radius 3 is 2.63 bits per heavy atom. The Morgan fingerprint density at radius 1 is 1.23 bits per heavy atom. The van der Waals surface area contributed by atoms with Crippen LogP contribution in [-0.4, -0.2) is 39.6 Å². The van der Waals surface area contributed by atoms with E-state index in [1.807, 2.05) is 6.92 Å². The van der Waals surface area contributed by atoms with Gasteiger partial charge in [-0.05, 0) is 24.8 Å². The Morgan fingerprint density at radius 2 is 2.00 bits per heavy atom. The first kappa shape index (κ1) is 19.8. The first-order valence-electron chi connectivity index (χ1n) is 9.52. The Bertz CT molecular complexity index is 1110. The molecular weight excluding hydrogens is 440 g/mol. The van der Waals surface area contributed by atoms with Gasteiger partial charge in [-0.3, -0.25) is 0 Å². The molecule has 8 nitrogen and oxygen atoms in total. The van der Waals surface area contributed by atoms with Crippen molar-refractivity contribution >= 4 is 52.2 Å². The number of hydrogen-bond donors (Lipinski definition) is 3. The van der Waals surface area contributed by atoms with E-state index in [1.54, 1.807) is 29.8 Å². The van der Waals surface area contributed by atoms with Gasteiger partial charge in [-0.2, -0.15) is 0 Å². The van der Waals surface area contributed by atoms with Crippen LogP contribution in [0.1, 0.15) is 10.7 Å². The second-order valence-corrected chi connectivity index (χ2v) is 9.95. The summed E-state index contributed by atoms with van der Waals surface area (Å²) in [5.74, 6) is 2.41. The van der Waals surface area contributed by atoms with Gasteiger partial charge in [-0.25, -0.2) is 19.9 Å². The number of pyridine rings is 1. The van der Waals surface area contributed by atoms with Crippen LogP contribution in [-0.2, 0) is 5.41 Å². The van der Waals surface area contributed by atoms with E-state index in [1.165, 1.54) is 16.8 Å². The zero-order chi connectivity index (χ0) is 21.0. The zero-order valence-electron chi connectivity index (χ0n) is 16.2. The number of nitrogens with two attached hydrogens (primary N) is 3. The number of aromatic nitrogens is 4. The molecule has 3 aromatic heterocycles. The van der Waals surface area contributed by atoms with Crippen molar-refractivity contribution in [3.8, 4) is 0 Å². The third kappa shape index (κ3) is 3.01. The van der Waals surface area contributed by atoms with Gasteiger partial charge in [0.2, 0.25) is 0 Å². The van der Waals surface area contributed by atoms with Crippen LogP contribution < -0.4 is 22.1 Å². The maximum atomic E-state index is 6.22. The molecule has 4 heterocycles. The smallest absolute Gasteiger partial charge is 0.158 e. The maximum absolute atomic E-state index is 6.22. The second-order valence-electron chi connectivity index (χ2n) is 7.69. The molecule has 5 rings (SSSR count). The lowest BCUT2D eigenvalue weighted by atomic mass is 10.0. The molecule has 30 heavy (non-hydrogen) atoms. The molecule has 0 radical (unpaired) electrons.